The first-order valence-electron chi connectivity index (χ1n) is 5.06. The molecule has 0 unspecified atom stereocenters. The van der Waals surface area contributed by atoms with E-state index in [1.807, 2.05) is 0 Å². The maximum atomic E-state index is 12.6. The first kappa shape index (κ1) is 11.1. The molecule has 16 heavy (non-hydrogen) atoms. The van der Waals surface area contributed by atoms with Gasteiger partial charge in [-0.05, 0) is 37.6 Å². The molecule has 0 aromatic carbocycles. The van der Waals surface area contributed by atoms with Gasteiger partial charge in [-0.15, -0.1) is 11.3 Å². The highest BCUT2D eigenvalue weighted by molar-refractivity contribution is 7.12. The first-order valence-corrected chi connectivity index (χ1v) is 5.88. The fourth-order valence-corrected chi connectivity index (χ4v) is 2.39. The highest BCUT2D eigenvalue weighted by Gasteiger charge is 2.01. The molecular weight excluding hydrogens is 223 g/mol. The van der Waals surface area contributed by atoms with E-state index in [-0.39, 0.29) is 5.82 Å². The van der Waals surface area contributed by atoms with Gasteiger partial charge in [0.15, 0.2) is 0 Å². The van der Waals surface area contributed by atoms with Gasteiger partial charge >= 0.3 is 0 Å². The Morgan fingerprint density at radius 3 is 2.75 bits per heavy atom. The van der Waals surface area contributed by atoms with Crippen molar-refractivity contribution in [1.82, 2.24) is 4.98 Å². The Labute approximate surface area is 98.2 Å². The number of rotatable bonds is 3. The molecule has 1 N–H and O–H groups in total. The van der Waals surface area contributed by atoms with Gasteiger partial charge in [0.2, 0.25) is 0 Å². The minimum atomic E-state index is -0.312. The summed E-state index contributed by atoms with van der Waals surface area (Å²) >= 11 is 1.77. The van der Waals surface area contributed by atoms with Gasteiger partial charge in [-0.2, -0.15) is 0 Å². The number of pyridine rings is 1. The smallest absolute Gasteiger partial charge is 0.141 e. The van der Waals surface area contributed by atoms with E-state index in [2.05, 4.69) is 30.2 Å². The number of aryl methyl sites for hydroxylation is 2. The van der Waals surface area contributed by atoms with E-state index in [1.54, 1.807) is 17.4 Å². The van der Waals surface area contributed by atoms with Gasteiger partial charge < -0.3 is 5.32 Å². The van der Waals surface area contributed by atoms with Gasteiger partial charge in [0.05, 0.1) is 12.7 Å². The van der Waals surface area contributed by atoms with E-state index in [4.69, 9.17) is 0 Å². The van der Waals surface area contributed by atoms with Gasteiger partial charge in [0.25, 0.3) is 0 Å². The number of halogens is 1. The maximum absolute atomic E-state index is 12.6. The van der Waals surface area contributed by atoms with Crippen LogP contribution in [0.1, 0.15) is 15.3 Å². The third-order valence-electron chi connectivity index (χ3n) is 2.39. The Morgan fingerprint density at radius 1 is 1.38 bits per heavy atom. The monoisotopic (exact) mass is 236 g/mol. The molecule has 2 rings (SSSR count). The molecule has 2 aromatic rings. The molecule has 0 saturated heterocycles. The summed E-state index contributed by atoms with van der Waals surface area (Å²) in [5.41, 5.74) is 1.31. The lowest BCUT2D eigenvalue weighted by Gasteiger charge is -2.02. The third kappa shape index (κ3) is 2.58. The number of thiophene rings is 1. The lowest BCUT2D eigenvalue weighted by atomic mass is 10.3. The average molecular weight is 236 g/mol. The second kappa shape index (κ2) is 4.61. The normalized spacial score (nSPS) is 10.4. The van der Waals surface area contributed by atoms with Crippen molar-refractivity contribution in [3.05, 3.63) is 45.5 Å². The molecule has 2 aromatic heterocycles. The summed E-state index contributed by atoms with van der Waals surface area (Å²) in [6.07, 6.45) is 1.22. The molecule has 2 heterocycles. The summed E-state index contributed by atoms with van der Waals surface area (Å²) in [7, 11) is 0. The van der Waals surface area contributed by atoms with Crippen LogP contribution in [0.2, 0.25) is 0 Å². The van der Waals surface area contributed by atoms with Gasteiger partial charge in [-0.1, -0.05) is 0 Å². The molecular formula is C12H13FN2S. The fraction of sp³-hybridized carbons (Fsp3) is 0.250. The molecule has 0 atom stereocenters. The van der Waals surface area contributed by atoms with Crippen LogP contribution >= 0.6 is 11.3 Å². The number of aromatic nitrogens is 1. The lowest BCUT2D eigenvalue weighted by Crippen LogP contribution is -1.99. The first-order chi connectivity index (χ1) is 7.65. The van der Waals surface area contributed by atoms with Crippen LogP contribution in [0.5, 0.6) is 0 Å². The molecule has 0 radical (unpaired) electrons. The Hall–Kier alpha value is -1.42. The van der Waals surface area contributed by atoms with Crippen molar-refractivity contribution >= 4 is 17.2 Å². The zero-order valence-corrected chi connectivity index (χ0v) is 10.1. The Morgan fingerprint density at radius 2 is 2.19 bits per heavy atom. The minimum absolute atomic E-state index is 0.312. The fourth-order valence-electron chi connectivity index (χ4n) is 1.39. The number of hydrogen-bond donors (Lipinski definition) is 1. The van der Waals surface area contributed by atoms with E-state index < -0.39 is 0 Å². The Bertz CT molecular complexity index is 457. The summed E-state index contributed by atoms with van der Waals surface area (Å²) in [5, 5.41) is 3.16. The summed E-state index contributed by atoms with van der Waals surface area (Å²) in [4.78, 5) is 6.54. The quantitative estimate of drug-likeness (QED) is 0.882. The van der Waals surface area contributed by atoms with E-state index in [1.165, 1.54) is 27.6 Å². The number of nitrogens with zero attached hydrogens (tertiary/aromatic N) is 1. The van der Waals surface area contributed by atoms with Crippen molar-refractivity contribution in [2.45, 2.75) is 20.4 Å². The van der Waals surface area contributed by atoms with Gasteiger partial charge in [0.1, 0.15) is 11.6 Å². The molecule has 0 saturated carbocycles. The number of anilines is 1. The van der Waals surface area contributed by atoms with Crippen LogP contribution in [0.4, 0.5) is 10.2 Å². The number of hydrogen-bond acceptors (Lipinski definition) is 3. The van der Waals surface area contributed by atoms with Crippen LogP contribution in [0.15, 0.2) is 24.4 Å². The summed E-state index contributed by atoms with van der Waals surface area (Å²) in [5.74, 6) is 0.387. The van der Waals surface area contributed by atoms with Gasteiger partial charge in [-0.3, -0.25) is 0 Å². The molecule has 0 spiro atoms. The van der Waals surface area contributed by atoms with E-state index >= 15 is 0 Å². The van der Waals surface area contributed by atoms with Crippen molar-refractivity contribution in [2.75, 3.05) is 5.32 Å². The van der Waals surface area contributed by atoms with Crippen molar-refractivity contribution in [3.8, 4) is 0 Å². The predicted molar refractivity (Wildman–Crippen MR) is 65.3 cm³/mol. The average Bonchev–Trinajstić information content (AvgIpc) is 2.58. The summed E-state index contributed by atoms with van der Waals surface area (Å²) < 4.78 is 12.6. The van der Waals surface area contributed by atoms with E-state index in [9.17, 15) is 4.39 Å². The van der Waals surface area contributed by atoms with E-state index in [0.29, 0.717) is 5.82 Å². The molecule has 0 aliphatic heterocycles. The van der Waals surface area contributed by atoms with Crippen LogP contribution in [0.25, 0.3) is 0 Å². The van der Waals surface area contributed by atoms with Crippen molar-refractivity contribution in [2.24, 2.45) is 0 Å². The van der Waals surface area contributed by atoms with Crippen molar-refractivity contribution in [3.63, 3.8) is 0 Å². The summed E-state index contributed by atoms with van der Waals surface area (Å²) in [6.45, 7) is 4.95. The van der Waals surface area contributed by atoms with Gasteiger partial charge in [-0.25, -0.2) is 9.37 Å². The van der Waals surface area contributed by atoms with Crippen molar-refractivity contribution in [1.29, 1.82) is 0 Å². The summed E-state index contributed by atoms with van der Waals surface area (Å²) in [6, 6.07) is 5.21. The molecule has 0 aliphatic rings. The molecule has 0 aliphatic carbocycles. The predicted octanol–water partition coefficient (Wildman–Crippen LogP) is 3.51. The maximum Gasteiger partial charge on any atom is 0.141 e. The topological polar surface area (TPSA) is 24.9 Å². The molecule has 2 nitrogen and oxygen atoms in total. The Kier molecular flexibility index (Phi) is 3.19. The van der Waals surface area contributed by atoms with Crippen LogP contribution in [0.3, 0.4) is 0 Å². The minimum Gasteiger partial charge on any atom is -0.365 e. The molecule has 0 fully saturated rings. The zero-order chi connectivity index (χ0) is 11.5. The SMILES string of the molecule is Cc1cc(CNc2ccc(F)cn2)sc1C. The standard InChI is InChI=1S/C12H13FN2S/c1-8-5-11(16-9(8)2)7-15-12-4-3-10(13)6-14-12/h3-6H,7H2,1-2H3,(H,14,15). The van der Waals surface area contributed by atoms with Crippen molar-refractivity contribution < 1.29 is 4.39 Å². The molecule has 0 bridgehead atoms. The highest BCUT2D eigenvalue weighted by atomic mass is 32.1. The second-order valence-electron chi connectivity index (χ2n) is 3.67. The molecule has 4 heteroatoms. The van der Waals surface area contributed by atoms with E-state index in [0.717, 1.165) is 6.54 Å². The Balaban J connectivity index is 1.99. The van der Waals surface area contributed by atoms with Crippen LogP contribution in [-0.2, 0) is 6.54 Å². The van der Waals surface area contributed by atoms with Crippen LogP contribution < -0.4 is 5.32 Å². The second-order valence-corrected chi connectivity index (χ2v) is 5.01. The zero-order valence-electron chi connectivity index (χ0n) is 9.25. The lowest BCUT2D eigenvalue weighted by molar-refractivity contribution is 0.621. The number of nitrogens with one attached hydrogen (secondary N) is 1. The molecule has 0 amide bonds. The van der Waals surface area contributed by atoms with Crippen LogP contribution in [-0.4, -0.2) is 4.98 Å². The van der Waals surface area contributed by atoms with Gasteiger partial charge in [0, 0.05) is 9.75 Å². The largest absolute Gasteiger partial charge is 0.365 e. The highest BCUT2D eigenvalue weighted by Crippen LogP contribution is 2.21. The molecule has 84 valence electrons. The third-order valence-corrected chi connectivity index (χ3v) is 3.54. The van der Waals surface area contributed by atoms with Crippen LogP contribution in [0, 0.1) is 19.7 Å².